The van der Waals surface area contributed by atoms with Gasteiger partial charge in [-0.05, 0) is 25.2 Å². The molecule has 2 atom stereocenters. The topological polar surface area (TPSA) is 69.6 Å². The van der Waals surface area contributed by atoms with Gasteiger partial charge in [-0.1, -0.05) is 25.8 Å². The lowest BCUT2D eigenvalue weighted by atomic mass is 9.79. The SMILES string of the molecule is C=CCN(CCC)C(=O)NCC1CCCCC1C(=O)O. The molecule has 20 heavy (non-hydrogen) atoms. The zero-order valence-electron chi connectivity index (χ0n) is 12.3. The second-order valence-corrected chi connectivity index (χ2v) is 5.41. The molecule has 1 fully saturated rings. The lowest BCUT2D eigenvalue weighted by Crippen LogP contribution is -2.44. The number of nitrogens with one attached hydrogen (secondary N) is 1. The van der Waals surface area contributed by atoms with Crippen LogP contribution in [0.3, 0.4) is 0 Å². The van der Waals surface area contributed by atoms with Gasteiger partial charge in [-0.3, -0.25) is 4.79 Å². The largest absolute Gasteiger partial charge is 0.481 e. The quantitative estimate of drug-likeness (QED) is 0.705. The Morgan fingerprint density at radius 3 is 2.70 bits per heavy atom. The van der Waals surface area contributed by atoms with Crippen LogP contribution in [-0.2, 0) is 4.79 Å². The van der Waals surface area contributed by atoms with E-state index in [4.69, 9.17) is 0 Å². The normalized spacial score (nSPS) is 22.1. The molecule has 0 heterocycles. The monoisotopic (exact) mass is 282 g/mol. The van der Waals surface area contributed by atoms with Crippen molar-refractivity contribution in [1.29, 1.82) is 0 Å². The fourth-order valence-electron chi connectivity index (χ4n) is 2.81. The average molecular weight is 282 g/mol. The van der Waals surface area contributed by atoms with Gasteiger partial charge in [0, 0.05) is 19.6 Å². The molecule has 2 unspecified atom stereocenters. The molecule has 0 saturated heterocycles. The van der Waals surface area contributed by atoms with Crippen molar-refractivity contribution in [2.45, 2.75) is 39.0 Å². The van der Waals surface area contributed by atoms with Gasteiger partial charge in [-0.25, -0.2) is 4.79 Å². The van der Waals surface area contributed by atoms with Crippen LogP contribution in [-0.4, -0.2) is 41.6 Å². The van der Waals surface area contributed by atoms with Gasteiger partial charge in [0.05, 0.1) is 5.92 Å². The van der Waals surface area contributed by atoms with E-state index in [1.807, 2.05) is 6.92 Å². The van der Waals surface area contributed by atoms with Crippen LogP contribution >= 0.6 is 0 Å². The molecule has 0 aromatic carbocycles. The van der Waals surface area contributed by atoms with E-state index < -0.39 is 5.97 Å². The number of carboxylic acid groups (broad SMARTS) is 1. The van der Waals surface area contributed by atoms with Crippen molar-refractivity contribution in [3.63, 3.8) is 0 Å². The summed E-state index contributed by atoms with van der Waals surface area (Å²) >= 11 is 0. The Morgan fingerprint density at radius 1 is 1.40 bits per heavy atom. The third-order valence-electron chi connectivity index (χ3n) is 3.87. The molecule has 0 aromatic rings. The van der Waals surface area contributed by atoms with E-state index in [1.54, 1.807) is 11.0 Å². The van der Waals surface area contributed by atoms with Gasteiger partial charge in [0.1, 0.15) is 0 Å². The molecule has 0 aromatic heterocycles. The number of carbonyl (C=O) groups excluding carboxylic acids is 1. The molecular weight excluding hydrogens is 256 g/mol. The van der Waals surface area contributed by atoms with Crippen LogP contribution < -0.4 is 5.32 Å². The Bertz CT molecular complexity index is 344. The van der Waals surface area contributed by atoms with E-state index in [0.717, 1.165) is 32.1 Å². The predicted molar refractivity (Wildman–Crippen MR) is 78.5 cm³/mol. The molecule has 1 aliphatic carbocycles. The number of nitrogens with zero attached hydrogens (tertiary/aromatic N) is 1. The van der Waals surface area contributed by atoms with Crippen LogP contribution in [0.1, 0.15) is 39.0 Å². The number of hydrogen-bond acceptors (Lipinski definition) is 2. The van der Waals surface area contributed by atoms with Crippen LogP contribution in [0.15, 0.2) is 12.7 Å². The number of rotatable bonds is 7. The van der Waals surface area contributed by atoms with Crippen molar-refractivity contribution in [3.05, 3.63) is 12.7 Å². The summed E-state index contributed by atoms with van der Waals surface area (Å²) in [4.78, 5) is 25.0. The van der Waals surface area contributed by atoms with E-state index in [0.29, 0.717) is 19.6 Å². The molecule has 1 rings (SSSR count). The Morgan fingerprint density at radius 2 is 2.10 bits per heavy atom. The minimum Gasteiger partial charge on any atom is -0.481 e. The summed E-state index contributed by atoms with van der Waals surface area (Å²) in [6.07, 6.45) is 6.22. The number of carbonyl (C=O) groups is 2. The number of hydrogen-bond donors (Lipinski definition) is 2. The first kappa shape index (κ1) is 16.5. The summed E-state index contributed by atoms with van der Waals surface area (Å²) in [5, 5.41) is 12.1. The molecule has 2 N–H and O–H groups in total. The summed E-state index contributed by atoms with van der Waals surface area (Å²) in [6, 6.07) is -0.124. The molecule has 0 radical (unpaired) electrons. The van der Waals surface area contributed by atoms with E-state index >= 15 is 0 Å². The van der Waals surface area contributed by atoms with E-state index in [2.05, 4.69) is 11.9 Å². The fourth-order valence-corrected chi connectivity index (χ4v) is 2.81. The second-order valence-electron chi connectivity index (χ2n) is 5.41. The second kappa shape index (κ2) is 8.61. The van der Waals surface area contributed by atoms with Crippen molar-refractivity contribution in [1.82, 2.24) is 10.2 Å². The third kappa shape index (κ3) is 4.87. The van der Waals surface area contributed by atoms with Gasteiger partial charge in [-0.15, -0.1) is 6.58 Å². The summed E-state index contributed by atoms with van der Waals surface area (Å²) in [5.74, 6) is -0.999. The number of urea groups is 1. The van der Waals surface area contributed by atoms with E-state index in [1.165, 1.54) is 0 Å². The predicted octanol–water partition coefficient (Wildman–Crippen LogP) is 2.49. The molecule has 1 saturated carbocycles. The van der Waals surface area contributed by atoms with Gasteiger partial charge in [0.15, 0.2) is 0 Å². The molecule has 0 aliphatic heterocycles. The maximum Gasteiger partial charge on any atom is 0.317 e. The third-order valence-corrected chi connectivity index (χ3v) is 3.87. The molecular formula is C15H26N2O3. The molecule has 5 heteroatoms. The van der Waals surface area contributed by atoms with Gasteiger partial charge in [0.2, 0.25) is 0 Å². The highest BCUT2D eigenvalue weighted by Crippen LogP contribution is 2.29. The zero-order chi connectivity index (χ0) is 15.0. The van der Waals surface area contributed by atoms with Crippen molar-refractivity contribution in [3.8, 4) is 0 Å². The van der Waals surface area contributed by atoms with Crippen molar-refractivity contribution in [2.24, 2.45) is 11.8 Å². The van der Waals surface area contributed by atoms with Crippen LogP contribution in [0.5, 0.6) is 0 Å². The summed E-state index contributed by atoms with van der Waals surface area (Å²) in [7, 11) is 0. The first-order valence-electron chi connectivity index (χ1n) is 7.46. The molecule has 0 bridgehead atoms. The molecule has 1 aliphatic rings. The number of carboxylic acids is 1. The Kier molecular flexibility index (Phi) is 7.12. The minimum atomic E-state index is -0.736. The average Bonchev–Trinajstić information content (AvgIpc) is 2.44. The summed E-state index contributed by atoms with van der Waals surface area (Å²) in [5.41, 5.74) is 0. The van der Waals surface area contributed by atoms with Gasteiger partial charge >= 0.3 is 12.0 Å². The fraction of sp³-hybridized carbons (Fsp3) is 0.733. The zero-order valence-corrected chi connectivity index (χ0v) is 12.3. The standard InChI is InChI=1S/C15H26N2O3/c1-3-9-17(10-4-2)15(20)16-11-12-7-5-6-8-13(12)14(18)19/h3,12-13H,1,4-11H2,2H3,(H,16,20)(H,18,19). The van der Waals surface area contributed by atoms with Crippen LogP contribution in [0.25, 0.3) is 0 Å². The smallest absolute Gasteiger partial charge is 0.317 e. The van der Waals surface area contributed by atoms with E-state index in [-0.39, 0.29) is 17.9 Å². The summed E-state index contributed by atoms with van der Waals surface area (Å²) < 4.78 is 0. The van der Waals surface area contributed by atoms with Crippen LogP contribution in [0, 0.1) is 11.8 Å². The molecule has 114 valence electrons. The number of aliphatic carboxylic acids is 1. The van der Waals surface area contributed by atoms with Crippen LogP contribution in [0.2, 0.25) is 0 Å². The lowest BCUT2D eigenvalue weighted by molar-refractivity contribution is -0.144. The highest BCUT2D eigenvalue weighted by atomic mass is 16.4. The van der Waals surface area contributed by atoms with Crippen LogP contribution in [0.4, 0.5) is 4.79 Å². The highest BCUT2D eigenvalue weighted by molar-refractivity contribution is 5.74. The molecule has 5 nitrogen and oxygen atoms in total. The maximum atomic E-state index is 12.1. The Balaban J connectivity index is 2.48. The molecule has 0 spiro atoms. The van der Waals surface area contributed by atoms with Crippen molar-refractivity contribution in [2.75, 3.05) is 19.6 Å². The minimum absolute atomic E-state index is 0.0532. The van der Waals surface area contributed by atoms with Gasteiger partial charge in [-0.2, -0.15) is 0 Å². The Labute approximate surface area is 121 Å². The van der Waals surface area contributed by atoms with Crippen molar-refractivity contribution >= 4 is 12.0 Å². The maximum absolute atomic E-state index is 12.1. The van der Waals surface area contributed by atoms with Crippen molar-refractivity contribution < 1.29 is 14.7 Å². The number of amides is 2. The Hall–Kier alpha value is -1.52. The first-order chi connectivity index (χ1) is 9.60. The first-order valence-corrected chi connectivity index (χ1v) is 7.46. The van der Waals surface area contributed by atoms with Gasteiger partial charge in [0.25, 0.3) is 0 Å². The summed E-state index contributed by atoms with van der Waals surface area (Å²) in [6.45, 7) is 7.33. The van der Waals surface area contributed by atoms with Gasteiger partial charge < -0.3 is 15.3 Å². The van der Waals surface area contributed by atoms with E-state index in [9.17, 15) is 14.7 Å². The molecule has 2 amide bonds. The highest BCUT2D eigenvalue weighted by Gasteiger charge is 2.31. The lowest BCUT2D eigenvalue weighted by Gasteiger charge is -2.29.